The molecule has 1 aromatic heterocycles. The predicted molar refractivity (Wildman–Crippen MR) is 48.4 cm³/mol. The van der Waals surface area contributed by atoms with Gasteiger partial charge in [0.1, 0.15) is 0 Å². The summed E-state index contributed by atoms with van der Waals surface area (Å²) in [5, 5.41) is 4.20. The second kappa shape index (κ2) is 2.26. The average molecular weight is 247 g/mol. The fourth-order valence-electron chi connectivity index (χ4n) is 0.833. The molecule has 4 heteroatoms. The van der Waals surface area contributed by atoms with E-state index in [0.29, 0.717) is 0 Å². The number of aromatic nitrogens is 2. The minimum absolute atomic E-state index is 0.0773. The summed E-state index contributed by atoms with van der Waals surface area (Å²) in [6.45, 7) is 1.98. The minimum Gasteiger partial charge on any atom is -0.222 e. The van der Waals surface area contributed by atoms with Crippen LogP contribution < -0.4 is 0 Å². The van der Waals surface area contributed by atoms with Crippen molar-refractivity contribution in [1.29, 1.82) is 0 Å². The highest BCUT2D eigenvalue weighted by Crippen LogP contribution is 2.24. The molecule has 0 N–H and O–H groups in total. The van der Waals surface area contributed by atoms with Crippen molar-refractivity contribution < 1.29 is 0 Å². The molecule has 0 bridgehead atoms. The summed E-state index contributed by atoms with van der Waals surface area (Å²) in [5.74, 6) is 1.01. The maximum Gasteiger partial charge on any atom is 0.160 e. The highest BCUT2D eigenvalue weighted by molar-refractivity contribution is 14.2. The van der Waals surface area contributed by atoms with Gasteiger partial charge in [-0.2, -0.15) is 5.10 Å². The van der Waals surface area contributed by atoms with Crippen LogP contribution in [0.25, 0.3) is 6.20 Å². The van der Waals surface area contributed by atoms with Gasteiger partial charge in [-0.15, -0.1) is 0 Å². The first kappa shape index (κ1) is 6.21. The molecule has 0 aromatic carbocycles. The van der Waals surface area contributed by atoms with Crippen LogP contribution in [0.4, 0.5) is 5.82 Å². The highest BCUT2D eigenvalue weighted by Gasteiger charge is 2.01. The molecule has 2 heterocycles. The van der Waals surface area contributed by atoms with Gasteiger partial charge >= 0.3 is 0 Å². The van der Waals surface area contributed by atoms with Gasteiger partial charge in [0.05, 0.1) is 5.69 Å². The van der Waals surface area contributed by atoms with Crippen molar-refractivity contribution in [2.24, 2.45) is 3.15 Å². The summed E-state index contributed by atoms with van der Waals surface area (Å²) < 4.78 is 8.25. The van der Waals surface area contributed by atoms with E-state index < -0.39 is 0 Å². The van der Waals surface area contributed by atoms with Gasteiger partial charge in [0.25, 0.3) is 0 Å². The van der Waals surface area contributed by atoms with Crippen LogP contribution in [0.5, 0.6) is 0 Å². The first-order valence-electron chi connectivity index (χ1n) is 2.93. The summed E-state index contributed by atoms with van der Waals surface area (Å²) in [6.07, 6.45) is 1.99. The largest absolute Gasteiger partial charge is 0.222 e. The number of fused-ring (bicyclic) bond motifs is 1. The molecule has 0 atom stereocenters. The van der Waals surface area contributed by atoms with E-state index in [4.69, 9.17) is 0 Å². The Balaban J connectivity index is 2.64. The maximum atomic E-state index is 4.34. The maximum absolute atomic E-state index is 4.34. The molecule has 1 aromatic rings. The fraction of sp³-hybridized carbons (Fsp3) is 0.167. The van der Waals surface area contributed by atoms with Crippen LogP contribution in [0.15, 0.2) is 13.3 Å². The Morgan fingerprint density at radius 1 is 1.60 bits per heavy atom. The summed E-state index contributed by atoms with van der Waals surface area (Å²) in [5.41, 5.74) is 1.04. The van der Waals surface area contributed by atoms with Gasteiger partial charge in [0.15, 0.2) is 5.82 Å². The van der Waals surface area contributed by atoms with Gasteiger partial charge in [-0.1, -0.05) is 0 Å². The smallest absolute Gasteiger partial charge is 0.160 e. The first-order valence-corrected chi connectivity index (χ1v) is 5.14. The summed E-state index contributed by atoms with van der Waals surface area (Å²) in [7, 11) is 0. The van der Waals surface area contributed by atoms with Gasteiger partial charge in [-0.25, -0.2) is 7.83 Å². The van der Waals surface area contributed by atoms with Crippen molar-refractivity contribution >= 4 is 33.1 Å². The van der Waals surface area contributed by atoms with E-state index in [2.05, 4.69) is 12.3 Å². The Bertz CT molecular complexity index is 281. The lowest BCUT2D eigenvalue weighted by Gasteiger charge is -1.96. The number of aryl methyl sites for hydroxylation is 1. The van der Waals surface area contributed by atoms with E-state index in [1.165, 1.54) is 0 Å². The molecule has 3 nitrogen and oxygen atoms in total. The lowest BCUT2D eigenvalue weighted by Crippen LogP contribution is -1.87. The molecule has 0 radical (unpaired) electrons. The normalized spacial score (nSPS) is 14.5. The van der Waals surface area contributed by atoms with Crippen LogP contribution in [0.3, 0.4) is 0 Å². The zero-order valence-electron chi connectivity index (χ0n) is 5.45. The van der Waals surface area contributed by atoms with Crippen molar-refractivity contribution in [2.75, 3.05) is 0 Å². The molecule has 0 aliphatic carbocycles. The molecular formula is C6H6IN3. The summed E-state index contributed by atoms with van der Waals surface area (Å²) >= 11 is -0.0773. The van der Waals surface area contributed by atoms with Gasteiger partial charge < -0.3 is 0 Å². The Morgan fingerprint density at radius 3 is 3.30 bits per heavy atom. The van der Waals surface area contributed by atoms with Gasteiger partial charge in [0, 0.05) is 37.4 Å². The van der Waals surface area contributed by atoms with E-state index in [9.17, 15) is 0 Å². The Hall–Kier alpha value is -0.520. The monoisotopic (exact) mass is 247 g/mol. The number of nitrogens with zero attached hydrogens (tertiary/aromatic N) is 3. The minimum atomic E-state index is -0.0773. The van der Waals surface area contributed by atoms with E-state index in [1.54, 1.807) is 0 Å². The van der Waals surface area contributed by atoms with Crippen LogP contribution in [-0.4, -0.2) is 9.78 Å². The molecular weight excluding hydrogens is 241 g/mol. The Kier molecular flexibility index (Phi) is 1.40. The molecule has 0 saturated heterocycles. The van der Waals surface area contributed by atoms with Crippen LogP contribution in [-0.2, 0) is 0 Å². The van der Waals surface area contributed by atoms with Crippen molar-refractivity contribution in [3.8, 4) is 0 Å². The lowest BCUT2D eigenvalue weighted by molar-refractivity contribution is 0.914. The highest BCUT2D eigenvalue weighted by atomic mass is 127. The SMILES string of the molecule is Cc1cc2n(n1)C=CI=N2. The molecule has 52 valence electrons. The Morgan fingerprint density at radius 2 is 2.50 bits per heavy atom. The second-order valence-electron chi connectivity index (χ2n) is 2.05. The number of hydrogen-bond acceptors (Lipinski definition) is 2. The topological polar surface area (TPSA) is 30.2 Å². The number of halogens is 1. The standard InChI is InChI=1S/C6H6IN3/c1-5-4-6-8-7-2-3-10(6)9-5/h2-4H,1H3. The third kappa shape index (κ3) is 0.920. The second-order valence-corrected chi connectivity index (χ2v) is 3.80. The van der Waals surface area contributed by atoms with E-state index >= 15 is 0 Å². The van der Waals surface area contributed by atoms with Crippen LogP contribution in [0.2, 0.25) is 0 Å². The quantitative estimate of drug-likeness (QED) is 0.647. The summed E-state index contributed by atoms with van der Waals surface area (Å²) in [4.78, 5) is 0. The number of rotatable bonds is 0. The van der Waals surface area contributed by atoms with Gasteiger partial charge in [-0.3, -0.25) is 0 Å². The number of hydrogen-bond donors (Lipinski definition) is 0. The molecule has 0 saturated carbocycles. The van der Waals surface area contributed by atoms with Crippen LogP contribution >= 0.6 is 21.0 Å². The van der Waals surface area contributed by atoms with Crippen molar-refractivity contribution in [2.45, 2.75) is 6.92 Å². The lowest BCUT2D eigenvalue weighted by atomic mass is 10.5. The van der Waals surface area contributed by atoms with Crippen molar-refractivity contribution in [3.63, 3.8) is 0 Å². The van der Waals surface area contributed by atoms with E-state index in [0.717, 1.165) is 11.5 Å². The van der Waals surface area contributed by atoms with E-state index in [-0.39, 0.29) is 21.0 Å². The Labute approximate surface area is 68.9 Å². The molecule has 1 aliphatic heterocycles. The third-order valence-corrected chi connectivity index (χ3v) is 2.64. The van der Waals surface area contributed by atoms with Crippen molar-refractivity contribution in [1.82, 2.24) is 9.78 Å². The van der Waals surface area contributed by atoms with Gasteiger partial charge in [0.2, 0.25) is 0 Å². The fourth-order valence-corrected chi connectivity index (χ4v) is 2.09. The van der Waals surface area contributed by atoms with Crippen LogP contribution in [0.1, 0.15) is 5.69 Å². The van der Waals surface area contributed by atoms with Gasteiger partial charge in [-0.05, 0) is 6.92 Å². The van der Waals surface area contributed by atoms with Crippen molar-refractivity contribution in [3.05, 3.63) is 15.8 Å². The molecule has 2 rings (SSSR count). The molecule has 1 aliphatic rings. The molecule has 10 heavy (non-hydrogen) atoms. The average Bonchev–Trinajstić information content (AvgIpc) is 2.27. The van der Waals surface area contributed by atoms with Crippen LogP contribution in [0, 0.1) is 6.92 Å². The zero-order valence-corrected chi connectivity index (χ0v) is 7.61. The third-order valence-electron chi connectivity index (χ3n) is 1.23. The molecule has 0 amide bonds. The predicted octanol–water partition coefficient (Wildman–Crippen LogP) is 2.42. The molecule has 0 fully saturated rings. The molecule has 0 spiro atoms. The first-order chi connectivity index (χ1) is 4.86. The molecule has 0 unspecified atom stereocenters. The zero-order chi connectivity index (χ0) is 6.97. The summed E-state index contributed by atoms with van der Waals surface area (Å²) in [6, 6.07) is 2.00. The van der Waals surface area contributed by atoms with E-state index in [1.807, 2.05) is 23.9 Å².